The molecule has 11 heavy (non-hydrogen) atoms. The summed E-state index contributed by atoms with van der Waals surface area (Å²) in [4.78, 5) is 10.8. The van der Waals surface area contributed by atoms with E-state index in [2.05, 4.69) is 11.8 Å². The minimum absolute atomic E-state index is 0.341. The van der Waals surface area contributed by atoms with Gasteiger partial charge in [0.2, 0.25) is 0 Å². The van der Waals surface area contributed by atoms with Crippen LogP contribution in [0.1, 0.15) is 33.1 Å². The summed E-state index contributed by atoms with van der Waals surface area (Å²) >= 11 is 0. The van der Waals surface area contributed by atoms with E-state index in [-0.39, 0.29) is 0 Å². The largest absolute Gasteiger partial charge is 0.300 e. The molecule has 0 amide bonds. The fraction of sp³-hybridized carbons (Fsp3) is 0.700. The van der Waals surface area contributed by atoms with Crippen LogP contribution in [0.15, 0.2) is 0 Å². The van der Waals surface area contributed by atoms with E-state index in [0.717, 1.165) is 19.3 Å². The molecule has 1 fully saturated rings. The maximum atomic E-state index is 10.8. The van der Waals surface area contributed by atoms with Crippen molar-refractivity contribution < 1.29 is 4.79 Å². The molecule has 0 aromatic heterocycles. The molecular weight excluding hydrogens is 136 g/mol. The van der Waals surface area contributed by atoms with E-state index in [1.165, 1.54) is 0 Å². The van der Waals surface area contributed by atoms with Gasteiger partial charge in [-0.25, -0.2) is 0 Å². The Morgan fingerprint density at radius 1 is 1.55 bits per heavy atom. The Morgan fingerprint density at radius 3 is 2.73 bits per heavy atom. The second-order valence-corrected chi connectivity index (χ2v) is 3.12. The predicted octanol–water partition coefficient (Wildman–Crippen LogP) is 2.01. The minimum atomic E-state index is 0.341. The van der Waals surface area contributed by atoms with Crippen molar-refractivity contribution in [2.45, 2.75) is 33.1 Å². The molecule has 0 saturated heterocycles. The lowest BCUT2D eigenvalue weighted by atomic mass is 10.2. The number of hydrogen-bond acceptors (Lipinski definition) is 1. The molecule has 1 saturated carbocycles. The number of hydrogen-bond donors (Lipinski definition) is 0. The van der Waals surface area contributed by atoms with E-state index in [4.69, 9.17) is 0 Å². The van der Waals surface area contributed by atoms with Crippen LogP contribution in [0.4, 0.5) is 0 Å². The summed E-state index contributed by atoms with van der Waals surface area (Å²) in [7, 11) is 0. The Balaban J connectivity index is 2.18. The van der Waals surface area contributed by atoms with E-state index < -0.39 is 0 Å². The van der Waals surface area contributed by atoms with Crippen LogP contribution in [0.5, 0.6) is 0 Å². The molecule has 1 heteroatoms. The van der Waals surface area contributed by atoms with Crippen molar-refractivity contribution in [3.05, 3.63) is 0 Å². The lowest BCUT2D eigenvalue weighted by molar-refractivity contribution is -0.118. The summed E-state index contributed by atoms with van der Waals surface area (Å²) in [5.41, 5.74) is 0. The zero-order chi connectivity index (χ0) is 8.27. The molecule has 0 aliphatic heterocycles. The van der Waals surface area contributed by atoms with Crippen molar-refractivity contribution in [3.8, 4) is 11.8 Å². The molecule has 2 atom stereocenters. The van der Waals surface area contributed by atoms with Crippen LogP contribution in [0.2, 0.25) is 0 Å². The van der Waals surface area contributed by atoms with Crippen molar-refractivity contribution in [1.82, 2.24) is 0 Å². The molecule has 0 heterocycles. The molecule has 0 spiro atoms. The van der Waals surface area contributed by atoms with E-state index >= 15 is 0 Å². The molecular formula is C10H14O. The van der Waals surface area contributed by atoms with Crippen LogP contribution >= 0.6 is 0 Å². The second-order valence-electron chi connectivity index (χ2n) is 3.12. The highest BCUT2D eigenvalue weighted by molar-refractivity contribution is 5.81. The zero-order valence-corrected chi connectivity index (χ0v) is 7.18. The van der Waals surface area contributed by atoms with Crippen LogP contribution in [0.3, 0.4) is 0 Å². The normalized spacial score (nSPS) is 27.1. The predicted molar refractivity (Wildman–Crippen MR) is 45.0 cm³/mol. The zero-order valence-electron chi connectivity index (χ0n) is 7.18. The first-order valence-electron chi connectivity index (χ1n) is 4.22. The summed E-state index contributed by atoms with van der Waals surface area (Å²) in [6.45, 7) is 3.72. The lowest BCUT2D eigenvalue weighted by Gasteiger charge is -1.86. The number of Topliss-reactive ketones (excluding diaryl/α,β-unsaturated/α-hetero) is 1. The van der Waals surface area contributed by atoms with Gasteiger partial charge in [-0.2, -0.15) is 0 Å². The van der Waals surface area contributed by atoms with Crippen LogP contribution in [0, 0.1) is 23.7 Å². The van der Waals surface area contributed by atoms with Gasteiger partial charge in [0.05, 0.1) is 0 Å². The maximum Gasteiger partial charge on any atom is 0.133 e. The fourth-order valence-corrected chi connectivity index (χ4v) is 1.30. The standard InChI is InChI=1S/C10H14O/c1-3-4-5-6-9-7-10(9)8(2)11/h9-10H,3,6-7H2,1-2H3. The van der Waals surface area contributed by atoms with Crippen molar-refractivity contribution in [2.75, 3.05) is 0 Å². The molecule has 60 valence electrons. The van der Waals surface area contributed by atoms with Gasteiger partial charge in [-0.05, 0) is 19.3 Å². The average molecular weight is 150 g/mol. The first-order chi connectivity index (χ1) is 5.25. The van der Waals surface area contributed by atoms with Gasteiger partial charge in [0.15, 0.2) is 0 Å². The van der Waals surface area contributed by atoms with Crippen LogP contribution < -0.4 is 0 Å². The van der Waals surface area contributed by atoms with E-state index in [1.54, 1.807) is 6.92 Å². The third-order valence-electron chi connectivity index (χ3n) is 2.11. The van der Waals surface area contributed by atoms with Gasteiger partial charge in [-0.3, -0.25) is 4.79 Å². The van der Waals surface area contributed by atoms with Gasteiger partial charge in [-0.1, -0.05) is 6.92 Å². The monoisotopic (exact) mass is 150 g/mol. The highest BCUT2D eigenvalue weighted by Gasteiger charge is 2.39. The molecule has 1 nitrogen and oxygen atoms in total. The summed E-state index contributed by atoms with van der Waals surface area (Å²) in [6, 6.07) is 0. The maximum absolute atomic E-state index is 10.8. The molecule has 0 aromatic rings. The number of rotatable bonds is 2. The van der Waals surface area contributed by atoms with Gasteiger partial charge in [0.1, 0.15) is 5.78 Å². The topological polar surface area (TPSA) is 17.1 Å². The van der Waals surface area contributed by atoms with Crippen molar-refractivity contribution in [1.29, 1.82) is 0 Å². The SMILES string of the molecule is CCC#CCC1CC1C(C)=O. The molecule has 0 N–H and O–H groups in total. The molecule has 0 aromatic carbocycles. The Bertz CT molecular complexity index is 207. The quantitative estimate of drug-likeness (QED) is 0.550. The Kier molecular flexibility index (Phi) is 2.70. The van der Waals surface area contributed by atoms with Gasteiger partial charge in [-0.15, -0.1) is 11.8 Å². The van der Waals surface area contributed by atoms with E-state index in [9.17, 15) is 4.79 Å². The van der Waals surface area contributed by atoms with Gasteiger partial charge >= 0.3 is 0 Å². The highest BCUT2D eigenvalue weighted by atomic mass is 16.1. The number of carbonyl (C=O) groups is 1. The average Bonchev–Trinajstić information content (AvgIpc) is 2.68. The highest BCUT2D eigenvalue weighted by Crippen LogP contribution is 2.41. The minimum Gasteiger partial charge on any atom is -0.300 e. The summed E-state index contributed by atoms with van der Waals surface area (Å²) < 4.78 is 0. The van der Waals surface area contributed by atoms with Crippen LogP contribution in [-0.4, -0.2) is 5.78 Å². The lowest BCUT2D eigenvalue weighted by Crippen LogP contribution is -1.94. The summed E-state index contributed by atoms with van der Waals surface area (Å²) in [6.07, 6.45) is 2.93. The Hall–Kier alpha value is -0.770. The second kappa shape index (κ2) is 3.57. The third kappa shape index (κ3) is 2.38. The molecule has 1 rings (SSSR count). The molecule has 0 radical (unpaired) electrons. The fourth-order valence-electron chi connectivity index (χ4n) is 1.30. The first-order valence-corrected chi connectivity index (χ1v) is 4.22. The smallest absolute Gasteiger partial charge is 0.133 e. The van der Waals surface area contributed by atoms with Crippen LogP contribution in [-0.2, 0) is 4.79 Å². The van der Waals surface area contributed by atoms with Gasteiger partial charge < -0.3 is 0 Å². The van der Waals surface area contributed by atoms with Crippen LogP contribution in [0.25, 0.3) is 0 Å². The molecule has 1 aliphatic rings. The van der Waals surface area contributed by atoms with E-state index in [0.29, 0.717) is 17.6 Å². The molecule has 2 unspecified atom stereocenters. The summed E-state index contributed by atoms with van der Waals surface area (Å²) in [5, 5.41) is 0. The Labute approximate surface area is 68.2 Å². The molecule has 0 bridgehead atoms. The van der Waals surface area contributed by atoms with E-state index in [1.807, 2.05) is 6.92 Å². The first kappa shape index (κ1) is 8.33. The summed E-state index contributed by atoms with van der Waals surface area (Å²) in [5.74, 6) is 7.38. The van der Waals surface area contributed by atoms with Crippen molar-refractivity contribution >= 4 is 5.78 Å². The van der Waals surface area contributed by atoms with Gasteiger partial charge in [0.25, 0.3) is 0 Å². The third-order valence-corrected chi connectivity index (χ3v) is 2.11. The van der Waals surface area contributed by atoms with Crippen molar-refractivity contribution in [3.63, 3.8) is 0 Å². The Morgan fingerprint density at radius 2 is 2.27 bits per heavy atom. The number of ketones is 1. The molecule has 1 aliphatic carbocycles. The number of carbonyl (C=O) groups excluding carboxylic acids is 1. The van der Waals surface area contributed by atoms with Crippen molar-refractivity contribution in [2.24, 2.45) is 11.8 Å². The van der Waals surface area contributed by atoms with Gasteiger partial charge in [0, 0.05) is 18.8 Å².